The van der Waals surface area contributed by atoms with Gasteiger partial charge in [0.1, 0.15) is 5.75 Å². The van der Waals surface area contributed by atoms with Crippen molar-refractivity contribution in [1.29, 1.82) is 0 Å². The highest BCUT2D eigenvalue weighted by atomic mass is 127. The third kappa shape index (κ3) is 3.03. The second-order valence-corrected chi connectivity index (χ2v) is 7.01. The van der Waals surface area contributed by atoms with Crippen molar-refractivity contribution in [3.63, 3.8) is 0 Å². The van der Waals surface area contributed by atoms with Gasteiger partial charge in [-0.25, -0.2) is 15.4 Å². The van der Waals surface area contributed by atoms with Crippen LogP contribution >= 0.6 is 22.6 Å². The van der Waals surface area contributed by atoms with Gasteiger partial charge in [0.15, 0.2) is 0 Å². The van der Waals surface area contributed by atoms with E-state index in [1.165, 1.54) is 12.4 Å². The van der Waals surface area contributed by atoms with Crippen molar-refractivity contribution in [2.24, 2.45) is 0 Å². The number of aromatic nitrogens is 2. The van der Waals surface area contributed by atoms with Crippen molar-refractivity contribution in [1.82, 2.24) is 15.4 Å². The number of carbonyl (C=O) groups is 1. The monoisotopic (exact) mass is 471 g/mol. The average Bonchev–Trinajstić information content (AvgIpc) is 2.62. The molecular formula is C16H15FIN5O3. The lowest BCUT2D eigenvalue weighted by molar-refractivity contribution is 0.0705. The number of ether oxygens (including phenoxy) is 1. The first-order chi connectivity index (χ1) is 12.6. The largest absolute Gasteiger partial charge is 0.452 e. The number of rotatable bonds is 5. The van der Waals surface area contributed by atoms with Crippen LogP contribution < -0.4 is 20.0 Å². The lowest BCUT2D eigenvalue weighted by Crippen LogP contribution is -2.79. The number of halogens is 2. The number of hydrogen-bond donors (Lipinski definition) is 2. The van der Waals surface area contributed by atoms with E-state index in [0.717, 1.165) is 18.8 Å². The highest BCUT2D eigenvalue weighted by molar-refractivity contribution is 14.1. The van der Waals surface area contributed by atoms with Crippen molar-refractivity contribution in [3.8, 4) is 5.75 Å². The van der Waals surface area contributed by atoms with E-state index in [-0.39, 0.29) is 5.56 Å². The van der Waals surface area contributed by atoms with Crippen LogP contribution in [0.4, 0.5) is 16.0 Å². The molecule has 26 heavy (non-hydrogen) atoms. The van der Waals surface area contributed by atoms with Gasteiger partial charge in [0, 0.05) is 59.8 Å². The van der Waals surface area contributed by atoms with Gasteiger partial charge in [-0.05, 0) is 12.1 Å². The Balaban J connectivity index is 1.40. The molecule has 2 aliphatic rings. The van der Waals surface area contributed by atoms with E-state index in [2.05, 4.69) is 19.8 Å². The number of carbonyl (C=O) groups excluding carboxylic acids is 1. The highest BCUT2D eigenvalue weighted by Gasteiger charge is 2.52. The number of fused-ring (bicyclic) bond motifs is 1. The fraction of sp³-hybridized carbons (Fsp3) is 0.312. The molecule has 0 aliphatic carbocycles. The Morgan fingerprint density at radius 1 is 1.31 bits per heavy atom. The quantitative estimate of drug-likeness (QED) is 0.297. The van der Waals surface area contributed by atoms with Crippen LogP contribution in [0.25, 0.3) is 0 Å². The molecule has 2 saturated heterocycles. The van der Waals surface area contributed by atoms with E-state index in [1.54, 1.807) is 34.1 Å². The van der Waals surface area contributed by atoms with Crippen LogP contribution in [0.3, 0.4) is 0 Å². The van der Waals surface area contributed by atoms with E-state index < -0.39 is 10.3 Å². The van der Waals surface area contributed by atoms with Gasteiger partial charge in [0.2, 0.25) is 5.95 Å². The molecule has 10 heteroatoms. The number of benzene rings is 1. The fourth-order valence-corrected chi connectivity index (χ4v) is 3.56. The number of hydrogen-bond acceptors (Lipinski definition) is 7. The minimum atomic E-state index is -1.38. The molecule has 3 heterocycles. The van der Waals surface area contributed by atoms with Crippen molar-refractivity contribution >= 4 is 40.1 Å². The number of piperazine rings is 1. The molecular weight excluding hydrogens is 456 g/mol. The Bertz CT molecular complexity index is 822. The molecule has 0 saturated carbocycles. The van der Waals surface area contributed by atoms with E-state index in [0.29, 0.717) is 23.8 Å². The smallest absolute Gasteiger partial charge is 0.288 e. The summed E-state index contributed by atoms with van der Waals surface area (Å²) in [6.45, 7) is 1.57. The van der Waals surface area contributed by atoms with Crippen LogP contribution in [0.15, 0.2) is 36.7 Å². The van der Waals surface area contributed by atoms with Gasteiger partial charge in [-0.15, -0.1) is 0 Å². The number of amides is 1. The molecule has 2 aliphatic heterocycles. The van der Waals surface area contributed by atoms with Gasteiger partial charge < -0.3 is 14.5 Å². The summed E-state index contributed by atoms with van der Waals surface area (Å²) in [5.41, 5.74) is 2.74. The summed E-state index contributed by atoms with van der Waals surface area (Å²) in [5, 5.41) is 8.61. The van der Waals surface area contributed by atoms with Gasteiger partial charge in [0.25, 0.3) is 10.3 Å². The van der Waals surface area contributed by atoms with Gasteiger partial charge in [-0.1, -0.05) is 6.07 Å². The van der Waals surface area contributed by atoms with Crippen LogP contribution in [0, 0.1) is 0 Å². The summed E-state index contributed by atoms with van der Waals surface area (Å²) in [6.07, 6.45) is 2.77. The second-order valence-electron chi connectivity index (χ2n) is 6.03. The first kappa shape index (κ1) is 17.2. The molecule has 1 aromatic carbocycles. The Morgan fingerprint density at radius 2 is 2.00 bits per heavy atom. The molecule has 1 amide bonds. The van der Waals surface area contributed by atoms with Crippen molar-refractivity contribution in [2.45, 2.75) is 16.4 Å². The molecule has 0 spiro atoms. The van der Waals surface area contributed by atoms with Crippen molar-refractivity contribution in [3.05, 3.63) is 42.2 Å². The van der Waals surface area contributed by atoms with Crippen molar-refractivity contribution < 1.29 is 19.1 Å². The maximum atomic E-state index is 13.0. The summed E-state index contributed by atoms with van der Waals surface area (Å²) in [4.78, 5) is 24.0. The van der Waals surface area contributed by atoms with Crippen LogP contribution in [-0.4, -0.2) is 50.6 Å². The lowest BCUT2D eigenvalue weighted by atomic mass is 9.85. The van der Waals surface area contributed by atoms with Gasteiger partial charge in [-0.2, -0.15) is 4.39 Å². The van der Waals surface area contributed by atoms with E-state index in [4.69, 9.17) is 9.94 Å². The van der Waals surface area contributed by atoms with E-state index in [9.17, 15) is 9.18 Å². The normalized spacial score (nSPS) is 22.0. The van der Waals surface area contributed by atoms with Gasteiger partial charge >= 0.3 is 0 Å². The van der Waals surface area contributed by atoms with Crippen LogP contribution in [0.1, 0.15) is 10.4 Å². The first-order valence-electron chi connectivity index (χ1n) is 7.91. The Kier molecular flexibility index (Phi) is 4.53. The second kappa shape index (κ2) is 6.83. The number of anilines is 2. The molecule has 2 aromatic rings. The standard InChI is InChI=1S/C16H15FIN5O3/c17-15(18)26-11-3-1-2-10(4-11)22-7-13-12(22)8-23(13)16-19-5-9(6-20-16)14(24)21-25/h1-6,12-13,15,25H,7-8H2,(H,21,24)/t12?,13-,15?/m1/s1. The average molecular weight is 471 g/mol. The molecule has 2 N–H and O–H groups in total. The molecule has 4 rings (SSSR count). The SMILES string of the molecule is O=C(NO)c1cnc(N2CC3[C@H]2CN3c2cccc(OC(F)I)c2)nc1. The molecule has 0 bridgehead atoms. The summed E-state index contributed by atoms with van der Waals surface area (Å²) < 4.78 is 16.7. The minimum absolute atomic E-state index is 0.196. The summed E-state index contributed by atoms with van der Waals surface area (Å²) in [7, 11) is 0. The molecule has 8 nitrogen and oxygen atoms in total. The number of nitrogens with one attached hydrogen (secondary N) is 1. The summed E-state index contributed by atoms with van der Waals surface area (Å²) in [5.74, 6) is 0.421. The van der Waals surface area contributed by atoms with Gasteiger partial charge in [0.05, 0.1) is 17.6 Å². The fourth-order valence-electron chi connectivity index (χ4n) is 3.27. The highest BCUT2D eigenvalue weighted by Crippen LogP contribution is 2.39. The molecule has 1 aromatic heterocycles. The zero-order valence-corrected chi connectivity index (χ0v) is 15.6. The van der Waals surface area contributed by atoms with Crippen LogP contribution in [0.5, 0.6) is 5.75 Å². The minimum Gasteiger partial charge on any atom is -0.452 e. The lowest BCUT2D eigenvalue weighted by Gasteiger charge is -2.62. The van der Waals surface area contributed by atoms with E-state index >= 15 is 0 Å². The summed E-state index contributed by atoms with van der Waals surface area (Å²) >= 11 is 1.57. The molecule has 2 fully saturated rings. The van der Waals surface area contributed by atoms with Crippen LogP contribution in [-0.2, 0) is 0 Å². The van der Waals surface area contributed by atoms with Crippen LogP contribution in [0.2, 0.25) is 0 Å². The maximum Gasteiger partial charge on any atom is 0.288 e. The number of nitrogens with zero attached hydrogens (tertiary/aromatic N) is 4. The molecule has 2 unspecified atom stereocenters. The maximum absolute atomic E-state index is 13.0. The molecule has 3 atom stereocenters. The Labute approximate surface area is 162 Å². The zero-order valence-electron chi connectivity index (χ0n) is 13.4. The Morgan fingerprint density at radius 3 is 2.62 bits per heavy atom. The third-order valence-electron chi connectivity index (χ3n) is 4.65. The molecule has 136 valence electrons. The van der Waals surface area contributed by atoms with Crippen molar-refractivity contribution in [2.75, 3.05) is 22.9 Å². The first-order valence-corrected chi connectivity index (χ1v) is 9.16. The number of alkyl halides is 2. The zero-order chi connectivity index (χ0) is 18.3. The molecule has 0 radical (unpaired) electrons. The van der Waals surface area contributed by atoms with E-state index in [1.807, 2.05) is 18.2 Å². The topological polar surface area (TPSA) is 90.8 Å². The predicted octanol–water partition coefficient (Wildman–Crippen LogP) is 1.74. The predicted molar refractivity (Wildman–Crippen MR) is 99.5 cm³/mol. The number of hydroxylamine groups is 1. The third-order valence-corrected chi connectivity index (χ3v) is 4.90. The summed E-state index contributed by atoms with van der Waals surface area (Å²) in [6, 6.07) is 8.04. The Hall–Kier alpha value is -2.21. The van der Waals surface area contributed by atoms with Gasteiger partial charge in [-0.3, -0.25) is 10.0 Å².